The SMILES string of the molecule is CCOC(=O)C(C)(NCC(F)(F)F)c1ccc(C)c(C)c1. The summed E-state index contributed by atoms with van der Waals surface area (Å²) in [7, 11) is 0. The highest BCUT2D eigenvalue weighted by Gasteiger charge is 2.40. The minimum atomic E-state index is -4.41. The Hall–Kier alpha value is -1.56. The van der Waals surface area contributed by atoms with Gasteiger partial charge in [0.25, 0.3) is 0 Å². The van der Waals surface area contributed by atoms with Gasteiger partial charge < -0.3 is 4.74 Å². The molecule has 0 heterocycles. The Kier molecular flexibility index (Phi) is 5.39. The minimum Gasteiger partial charge on any atom is -0.464 e. The smallest absolute Gasteiger partial charge is 0.401 e. The Morgan fingerprint density at radius 1 is 1.24 bits per heavy atom. The number of esters is 1. The van der Waals surface area contributed by atoms with Crippen molar-refractivity contribution in [3.05, 3.63) is 34.9 Å². The molecule has 118 valence electrons. The van der Waals surface area contributed by atoms with E-state index < -0.39 is 24.2 Å². The average molecular weight is 303 g/mol. The first-order valence-corrected chi connectivity index (χ1v) is 6.67. The molecular formula is C15H20F3NO2. The number of hydrogen-bond donors (Lipinski definition) is 1. The maximum atomic E-state index is 12.5. The van der Waals surface area contributed by atoms with Gasteiger partial charge in [-0.05, 0) is 44.4 Å². The van der Waals surface area contributed by atoms with Crippen LogP contribution in [-0.2, 0) is 15.1 Å². The number of nitrogens with one attached hydrogen (secondary N) is 1. The summed E-state index contributed by atoms with van der Waals surface area (Å²) in [5, 5.41) is 2.28. The number of ether oxygens (including phenoxy) is 1. The number of carbonyl (C=O) groups excluding carboxylic acids is 1. The van der Waals surface area contributed by atoms with Crippen molar-refractivity contribution in [3.63, 3.8) is 0 Å². The van der Waals surface area contributed by atoms with Crippen LogP contribution in [0, 0.1) is 13.8 Å². The maximum absolute atomic E-state index is 12.5. The molecule has 1 aromatic rings. The van der Waals surface area contributed by atoms with Gasteiger partial charge in [0.1, 0.15) is 5.54 Å². The summed E-state index contributed by atoms with van der Waals surface area (Å²) < 4.78 is 42.4. The molecule has 1 aromatic carbocycles. The van der Waals surface area contributed by atoms with Gasteiger partial charge in [0.2, 0.25) is 0 Å². The molecule has 0 aliphatic carbocycles. The van der Waals surface area contributed by atoms with E-state index in [-0.39, 0.29) is 6.61 Å². The molecule has 3 nitrogen and oxygen atoms in total. The lowest BCUT2D eigenvalue weighted by molar-refractivity contribution is -0.155. The summed E-state index contributed by atoms with van der Waals surface area (Å²) >= 11 is 0. The molecule has 0 radical (unpaired) electrons. The fourth-order valence-corrected chi connectivity index (χ4v) is 1.90. The third kappa shape index (κ3) is 4.46. The highest BCUT2D eigenvalue weighted by molar-refractivity contribution is 5.82. The number of halogens is 3. The number of rotatable bonds is 5. The van der Waals surface area contributed by atoms with Crippen LogP contribution < -0.4 is 5.32 Å². The Morgan fingerprint density at radius 2 is 1.86 bits per heavy atom. The minimum absolute atomic E-state index is 0.104. The van der Waals surface area contributed by atoms with E-state index in [0.717, 1.165) is 11.1 Å². The highest BCUT2D eigenvalue weighted by atomic mass is 19.4. The number of hydrogen-bond acceptors (Lipinski definition) is 3. The normalized spacial score (nSPS) is 14.6. The lowest BCUT2D eigenvalue weighted by atomic mass is 9.89. The van der Waals surface area contributed by atoms with Gasteiger partial charge in [0.15, 0.2) is 0 Å². The van der Waals surface area contributed by atoms with Crippen molar-refractivity contribution < 1.29 is 22.7 Å². The van der Waals surface area contributed by atoms with E-state index in [1.54, 1.807) is 25.1 Å². The van der Waals surface area contributed by atoms with Crippen molar-refractivity contribution in [3.8, 4) is 0 Å². The Labute approximate surface area is 122 Å². The van der Waals surface area contributed by atoms with Crippen molar-refractivity contribution in [1.82, 2.24) is 5.32 Å². The molecule has 0 spiro atoms. The lowest BCUT2D eigenvalue weighted by Gasteiger charge is -2.30. The maximum Gasteiger partial charge on any atom is 0.401 e. The second kappa shape index (κ2) is 6.47. The highest BCUT2D eigenvalue weighted by Crippen LogP contribution is 2.26. The lowest BCUT2D eigenvalue weighted by Crippen LogP contribution is -2.50. The standard InChI is InChI=1S/C15H20F3NO2/c1-5-21-13(20)14(4,19-9-15(16,17)18)12-7-6-10(2)11(3)8-12/h6-8,19H,5,9H2,1-4H3. The second-order valence-corrected chi connectivity index (χ2v) is 5.11. The quantitative estimate of drug-likeness (QED) is 0.849. The topological polar surface area (TPSA) is 38.3 Å². The third-order valence-corrected chi connectivity index (χ3v) is 3.41. The molecule has 1 atom stereocenters. The van der Waals surface area contributed by atoms with E-state index >= 15 is 0 Å². The first kappa shape index (κ1) is 17.5. The van der Waals surface area contributed by atoms with Gasteiger partial charge in [-0.15, -0.1) is 0 Å². The molecule has 0 saturated carbocycles. The van der Waals surface area contributed by atoms with Crippen LogP contribution >= 0.6 is 0 Å². The zero-order valence-corrected chi connectivity index (χ0v) is 12.6. The van der Waals surface area contributed by atoms with Crippen LogP contribution in [0.5, 0.6) is 0 Å². The Morgan fingerprint density at radius 3 is 2.33 bits per heavy atom. The van der Waals surface area contributed by atoms with Crippen molar-refractivity contribution in [2.24, 2.45) is 0 Å². The number of benzene rings is 1. The molecule has 0 fully saturated rings. The molecule has 1 N–H and O–H groups in total. The fourth-order valence-electron chi connectivity index (χ4n) is 1.90. The number of alkyl halides is 3. The molecule has 1 rings (SSSR count). The molecule has 0 amide bonds. The van der Waals surface area contributed by atoms with E-state index in [4.69, 9.17) is 4.74 Å². The van der Waals surface area contributed by atoms with E-state index in [0.29, 0.717) is 5.56 Å². The number of aryl methyl sites for hydroxylation is 2. The number of carbonyl (C=O) groups is 1. The van der Waals surface area contributed by atoms with Crippen LogP contribution in [0.3, 0.4) is 0 Å². The molecular weight excluding hydrogens is 283 g/mol. The second-order valence-electron chi connectivity index (χ2n) is 5.11. The summed E-state index contributed by atoms with van der Waals surface area (Å²) in [6.45, 7) is 5.59. The van der Waals surface area contributed by atoms with Crippen molar-refractivity contribution in [2.75, 3.05) is 13.2 Å². The van der Waals surface area contributed by atoms with Crippen LogP contribution in [0.25, 0.3) is 0 Å². The van der Waals surface area contributed by atoms with E-state index in [2.05, 4.69) is 5.32 Å². The van der Waals surface area contributed by atoms with Gasteiger partial charge in [0, 0.05) is 0 Å². The summed E-state index contributed by atoms with van der Waals surface area (Å²) in [5.41, 5.74) is 0.815. The van der Waals surface area contributed by atoms with Gasteiger partial charge in [-0.3, -0.25) is 5.32 Å². The molecule has 0 bridgehead atoms. The predicted octanol–water partition coefficient (Wildman–Crippen LogP) is 3.23. The van der Waals surface area contributed by atoms with Crippen LogP contribution in [0.1, 0.15) is 30.5 Å². The van der Waals surface area contributed by atoms with Gasteiger partial charge in [-0.2, -0.15) is 13.2 Å². The molecule has 0 aliphatic heterocycles. The predicted molar refractivity (Wildman–Crippen MR) is 74.0 cm³/mol. The molecule has 1 unspecified atom stereocenters. The summed E-state index contributed by atoms with van der Waals surface area (Å²) in [6, 6.07) is 5.12. The Balaban J connectivity index is 3.16. The first-order valence-electron chi connectivity index (χ1n) is 6.67. The average Bonchev–Trinajstić information content (AvgIpc) is 2.38. The van der Waals surface area contributed by atoms with E-state index in [9.17, 15) is 18.0 Å². The fraction of sp³-hybridized carbons (Fsp3) is 0.533. The van der Waals surface area contributed by atoms with Crippen molar-refractivity contribution in [2.45, 2.75) is 39.4 Å². The largest absolute Gasteiger partial charge is 0.464 e. The zero-order chi connectivity index (χ0) is 16.3. The molecule has 0 aromatic heterocycles. The van der Waals surface area contributed by atoms with E-state index in [1.807, 2.05) is 13.8 Å². The molecule has 21 heavy (non-hydrogen) atoms. The molecule has 0 saturated heterocycles. The first-order chi connectivity index (χ1) is 9.60. The van der Waals surface area contributed by atoms with Gasteiger partial charge >= 0.3 is 12.1 Å². The molecule has 6 heteroatoms. The monoisotopic (exact) mass is 303 g/mol. The summed E-state index contributed by atoms with van der Waals surface area (Å²) in [4.78, 5) is 12.1. The molecule has 0 aliphatic rings. The van der Waals surface area contributed by atoms with Crippen molar-refractivity contribution >= 4 is 5.97 Å². The zero-order valence-electron chi connectivity index (χ0n) is 12.6. The van der Waals surface area contributed by atoms with Crippen LogP contribution in [-0.4, -0.2) is 25.3 Å². The summed E-state index contributed by atoms with van der Waals surface area (Å²) in [5.74, 6) is -0.725. The van der Waals surface area contributed by atoms with Crippen molar-refractivity contribution in [1.29, 1.82) is 0 Å². The van der Waals surface area contributed by atoms with Gasteiger partial charge in [-0.25, -0.2) is 4.79 Å². The van der Waals surface area contributed by atoms with Crippen LogP contribution in [0.15, 0.2) is 18.2 Å². The summed E-state index contributed by atoms with van der Waals surface area (Å²) in [6.07, 6.45) is -4.41. The van der Waals surface area contributed by atoms with E-state index in [1.165, 1.54) is 6.92 Å². The third-order valence-electron chi connectivity index (χ3n) is 3.41. The van der Waals surface area contributed by atoms with Crippen LogP contribution in [0.2, 0.25) is 0 Å². The van der Waals surface area contributed by atoms with Gasteiger partial charge in [-0.1, -0.05) is 18.2 Å². The van der Waals surface area contributed by atoms with Crippen LogP contribution in [0.4, 0.5) is 13.2 Å². The Bertz CT molecular complexity index is 514. The van der Waals surface area contributed by atoms with Gasteiger partial charge in [0.05, 0.1) is 13.2 Å².